The third kappa shape index (κ3) is 3.67. The molecule has 1 heterocycles. The van der Waals surface area contributed by atoms with Crippen molar-refractivity contribution in [1.82, 2.24) is 0 Å². The molecule has 5 rings (SSSR count). The first-order valence-corrected chi connectivity index (χ1v) is 13.7. The van der Waals surface area contributed by atoms with E-state index in [4.69, 9.17) is 9.47 Å². The van der Waals surface area contributed by atoms with Crippen LogP contribution in [0.15, 0.2) is 11.6 Å². The van der Waals surface area contributed by atoms with Crippen LogP contribution in [0.1, 0.15) is 105 Å². The molecule has 5 aliphatic rings. The Hall–Kier alpha value is -0.340. The Kier molecular flexibility index (Phi) is 5.91. The van der Waals surface area contributed by atoms with E-state index in [1.807, 2.05) is 0 Å². The SMILES string of the molecule is CC(C)CCCC(C)C1CCC2C3CC=C4CC5(CC[C@]4(C)C3CC[C@]12C)OCCO5. The maximum atomic E-state index is 6.12. The third-order valence-electron chi connectivity index (χ3n) is 11.1. The topological polar surface area (TPSA) is 18.5 Å². The molecular weight excluding hydrogens is 380 g/mol. The Morgan fingerprint density at radius 1 is 0.935 bits per heavy atom. The van der Waals surface area contributed by atoms with Crippen molar-refractivity contribution in [2.75, 3.05) is 13.2 Å². The summed E-state index contributed by atoms with van der Waals surface area (Å²) in [7, 11) is 0. The first-order chi connectivity index (χ1) is 14.8. The molecule has 0 bridgehead atoms. The molecule has 0 N–H and O–H groups in total. The molecule has 0 aromatic rings. The predicted molar refractivity (Wildman–Crippen MR) is 128 cm³/mol. The second-order valence-electron chi connectivity index (χ2n) is 13.1. The predicted octanol–water partition coefficient (Wildman–Crippen LogP) is 7.77. The minimum absolute atomic E-state index is 0.273. The van der Waals surface area contributed by atoms with E-state index in [0.717, 1.165) is 61.6 Å². The van der Waals surface area contributed by atoms with Gasteiger partial charge in [-0.25, -0.2) is 0 Å². The molecule has 5 unspecified atom stereocenters. The van der Waals surface area contributed by atoms with Crippen molar-refractivity contribution in [3.05, 3.63) is 11.6 Å². The van der Waals surface area contributed by atoms with Crippen molar-refractivity contribution in [2.24, 2.45) is 46.3 Å². The van der Waals surface area contributed by atoms with Gasteiger partial charge >= 0.3 is 0 Å². The summed E-state index contributed by atoms with van der Waals surface area (Å²) < 4.78 is 12.2. The van der Waals surface area contributed by atoms with Crippen LogP contribution >= 0.6 is 0 Å². The van der Waals surface area contributed by atoms with E-state index in [9.17, 15) is 0 Å². The fourth-order valence-electron chi connectivity index (χ4n) is 9.37. The fourth-order valence-corrected chi connectivity index (χ4v) is 9.37. The van der Waals surface area contributed by atoms with E-state index in [0.29, 0.717) is 10.8 Å². The highest BCUT2D eigenvalue weighted by atomic mass is 16.7. The second-order valence-corrected chi connectivity index (χ2v) is 13.1. The second kappa shape index (κ2) is 8.15. The normalized spacial score (nSPS) is 44.6. The van der Waals surface area contributed by atoms with Crippen molar-refractivity contribution in [2.45, 2.75) is 111 Å². The number of rotatable bonds is 5. The van der Waals surface area contributed by atoms with Crippen molar-refractivity contribution < 1.29 is 9.47 Å². The summed E-state index contributed by atoms with van der Waals surface area (Å²) in [5.74, 6) is 5.20. The smallest absolute Gasteiger partial charge is 0.172 e. The number of allylic oxidation sites excluding steroid dienone is 1. The van der Waals surface area contributed by atoms with E-state index >= 15 is 0 Å². The molecule has 31 heavy (non-hydrogen) atoms. The van der Waals surface area contributed by atoms with Crippen LogP contribution in [-0.2, 0) is 9.47 Å². The molecule has 0 amide bonds. The van der Waals surface area contributed by atoms with E-state index in [2.05, 4.69) is 40.7 Å². The molecule has 1 aliphatic heterocycles. The minimum atomic E-state index is -0.273. The zero-order chi connectivity index (χ0) is 21.9. The van der Waals surface area contributed by atoms with E-state index in [1.165, 1.54) is 57.8 Å². The standard InChI is InChI=1S/C29H48O2/c1-20(2)7-6-8-21(3)24-11-12-25-23-10-9-22-19-29(30-17-18-31-29)16-15-27(22,4)26(23)13-14-28(24,25)5/h9,20-21,23-26H,6-8,10-19H2,1-5H3/t21?,23?,24?,25?,26?,27-,28+/m0/s1. The molecule has 176 valence electrons. The first-order valence-electron chi connectivity index (χ1n) is 13.7. The summed E-state index contributed by atoms with van der Waals surface area (Å²) in [4.78, 5) is 0. The van der Waals surface area contributed by atoms with Crippen LogP contribution < -0.4 is 0 Å². The molecular formula is C29H48O2. The lowest BCUT2D eigenvalue weighted by atomic mass is 9.46. The van der Waals surface area contributed by atoms with Crippen LogP contribution in [-0.4, -0.2) is 19.0 Å². The molecule has 0 aromatic carbocycles. The van der Waals surface area contributed by atoms with Crippen LogP contribution in [0.4, 0.5) is 0 Å². The number of ether oxygens (including phenoxy) is 2. The average molecular weight is 429 g/mol. The van der Waals surface area contributed by atoms with E-state index in [-0.39, 0.29) is 5.79 Å². The van der Waals surface area contributed by atoms with Gasteiger partial charge in [0, 0.05) is 12.8 Å². The van der Waals surface area contributed by atoms with Gasteiger partial charge in [0.25, 0.3) is 0 Å². The van der Waals surface area contributed by atoms with Gasteiger partial charge in [0.05, 0.1) is 13.2 Å². The Morgan fingerprint density at radius 2 is 1.71 bits per heavy atom. The lowest BCUT2D eigenvalue weighted by molar-refractivity contribution is -0.185. The van der Waals surface area contributed by atoms with E-state index in [1.54, 1.807) is 5.57 Å². The quantitative estimate of drug-likeness (QED) is 0.416. The largest absolute Gasteiger partial charge is 0.347 e. The highest BCUT2D eigenvalue weighted by Crippen LogP contribution is 2.68. The van der Waals surface area contributed by atoms with Crippen LogP contribution in [0.2, 0.25) is 0 Å². The van der Waals surface area contributed by atoms with E-state index < -0.39 is 0 Å². The Morgan fingerprint density at radius 3 is 2.45 bits per heavy atom. The molecule has 7 atom stereocenters. The summed E-state index contributed by atoms with van der Waals surface area (Å²) in [6.45, 7) is 14.2. The Bertz CT molecular complexity index is 689. The van der Waals surface area contributed by atoms with Crippen LogP contribution in [0, 0.1) is 46.3 Å². The summed E-state index contributed by atoms with van der Waals surface area (Å²) in [5, 5.41) is 0. The summed E-state index contributed by atoms with van der Waals surface area (Å²) in [6, 6.07) is 0. The van der Waals surface area contributed by atoms with Gasteiger partial charge in [-0.1, -0.05) is 65.5 Å². The number of hydrogen-bond acceptors (Lipinski definition) is 2. The highest BCUT2D eigenvalue weighted by Gasteiger charge is 2.60. The van der Waals surface area contributed by atoms with Crippen molar-refractivity contribution in [3.63, 3.8) is 0 Å². The Balaban J connectivity index is 1.31. The van der Waals surface area contributed by atoms with Gasteiger partial charge in [-0.05, 0) is 84.9 Å². The molecule has 0 aromatic heterocycles. The molecule has 4 fully saturated rings. The monoisotopic (exact) mass is 428 g/mol. The first kappa shape index (κ1) is 22.5. The van der Waals surface area contributed by atoms with Gasteiger partial charge in [-0.3, -0.25) is 0 Å². The van der Waals surface area contributed by atoms with Gasteiger partial charge in [-0.15, -0.1) is 0 Å². The molecule has 1 saturated heterocycles. The van der Waals surface area contributed by atoms with Crippen molar-refractivity contribution >= 4 is 0 Å². The summed E-state index contributed by atoms with van der Waals surface area (Å²) >= 11 is 0. The summed E-state index contributed by atoms with van der Waals surface area (Å²) in [5.41, 5.74) is 2.67. The zero-order valence-electron chi connectivity index (χ0n) is 21.1. The average Bonchev–Trinajstić information content (AvgIpc) is 3.32. The maximum Gasteiger partial charge on any atom is 0.172 e. The molecule has 2 nitrogen and oxygen atoms in total. The Labute approximate surface area is 191 Å². The van der Waals surface area contributed by atoms with Gasteiger partial charge in [0.2, 0.25) is 0 Å². The van der Waals surface area contributed by atoms with Gasteiger partial charge in [0.15, 0.2) is 5.79 Å². The van der Waals surface area contributed by atoms with Crippen LogP contribution in [0.3, 0.4) is 0 Å². The van der Waals surface area contributed by atoms with Gasteiger partial charge in [-0.2, -0.15) is 0 Å². The minimum Gasteiger partial charge on any atom is -0.347 e. The van der Waals surface area contributed by atoms with Crippen molar-refractivity contribution in [3.8, 4) is 0 Å². The number of hydrogen-bond donors (Lipinski definition) is 0. The van der Waals surface area contributed by atoms with Gasteiger partial charge in [0.1, 0.15) is 0 Å². The lowest BCUT2D eigenvalue weighted by Gasteiger charge is -2.59. The molecule has 1 spiro atoms. The fraction of sp³-hybridized carbons (Fsp3) is 0.931. The highest BCUT2D eigenvalue weighted by molar-refractivity contribution is 5.26. The van der Waals surface area contributed by atoms with Crippen LogP contribution in [0.5, 0.6) is 0 Å². The maximum absolute atomic E-state index is 6.12. The molecule has 4 aliphatic carbocycles. The lowest BCUT2D eigenvalue weighted by Crippen LogP contribution is -2.52. The van der Waals surface area contributed by atoms with Crippen LogP contribution in [0.25, 0.3) is 0 Å². The van der Waals surface area contributed by atoms with Gasteiger partial charge < -0.3 is 9.47 Å². The van der Waals surface area contributed by atoms with Crippen molar-refractivity contribution in [1.29, 1.82) is 0 Å². The number of fused-ring (bicyclic) bond motifs is 5. The molecule has 3 saturated carbocycles. The molecule has 2 heteroatoms. The molecule has 0 radical (unpaired) electrons. The third-order valence-corrected chi connectivity index (χ3v) is 11.1. The summed E-state index contributed by atoms with van der Waals surface area (Å²) in [6.07, 6.45) is 17.6. The zero-order valence-corrected chi connectivity index (χ0v) is 21.1.